The lowest BCUT2D eigenvalue weighted by Gasteiger charge is -2.27. The molecule has 1 unspecified atom stereocenters. The zero-order chi connectivity index (χ0) is 18.2. The van der Waals surface area contributed by atoms with Gasteiger partial charge in [0.05, 0.1) is 0 Å². The Labute approximate surface area is 183 Å². The number of carbonyl (C=O) groups excluding carboxylic acids is 1. The Morgan fingerprint density at radius 3 is 2.50 bits per heavy atom. The van der Waals surface area contributed by atoms with Crippen molar-refractivity contribution in [3.05, 3.63) is 35.9 Å². The largest absolute Gasteiger partial charge is 0.343 e. The molecule has 0 spiro atoms. The molecule has 160 valence electrons. The predicted molar refractivity (Wildman–Crippen MR) is 121 cm³/mol. The first-order valence-corrected chi connectivity index (χ1v) is 10.5. The molecule has 0 aliphatic carbocycles. The van der Waals surface area contributed by atoms with Crippen LogP contribution in [0.25, 0.3) is 0 Å². The normalized spacial score (nSPS) is 20.2. The number of benzene rings is 1. The third-order valence-corrected chi connectivity index (χ3v) is 6.06. The maximum Gasteiger partial charge on any atom is 0.222 e. The minimum atomic E-state index is 0. The molecular formula is C22H37Cl2N3O. The number of likely N-dealkylation sites (tertiary alicyclic amines) is 1. The molecule has 0 bridgehead atoms. The Morgan fingerprint density at radius 2 is 1.82 bits per heavy atom. The van der Waals surface area contributed by atoms with Crippen LogP contribution < -0.4 is 5.32 Å². The minimum absolute atomic E-state index is 0. The van der Waals surface area contributed by atoms with Crippen LogP contribution in [0.2, 0.25) is 0 Å². The molecule has 1 amide bonds. The Hall–Kier alpha value is -0.810. The van der Waals surface area contributed by atoms with Crippen LogP contribution >= 0.6 is 24.8 Å². The summed E-state index contributed by atoms with van der Waals surface area (Å²) < 4.78 is 0. The maximum absolute atomic E-state index is 12.7. The molecule has 6 heteroatoms. The molecule has 28 heavy (non-hydrogen) atoms. The quantitative estimate of drug-likeness (QED) is 0.678. The Balaban J connectivity index is 0.00000196. The lowest BCUT2D eigenvalue weighted by Crippen LogP contribution is -2.36. The van der Waals surface area contributed by atoms with Crippen LogP contribution in [0, 0.1) is 11.8 Å². The summed E-state index contributed by atoms with van der Waals surface area (Å²) >= 11 is 0. The van der Waals surface area contributed by atoms with Gasteiger partial charge in [-0.3, -0.25) is 9.69 Å². The van der Waals surface area contributed by atoms with Gasteiger partial charge < -0.3 is 10.2 Å². The summed E-state index contributed by atoms with van der Waals surface area (Å²) in [5.41, 5.74) is 1.39. The van der Waals surface area contributed by atoms with E-state index in [0.29, 0.717) is 11.8 Å². The first kappa shape index (κ1) is 25.2. The van der Waals surface area contributed by atoms with Gasteiger partial charge in [-0.15, -0.1) is 24.8 Å². The minimum Gasteiger partial charge on any atom is -0.343 e. The standard InChI is InChI=1S/C22H35N3O.2ClH/c1-2-25(22(26)9-8-19-10-13-23-14-11-19)18-21-12-15-24(17-21)16-20-6-4-3-5-7-20;;/h3-7,19,21,23H,2,8-18H2,1H3;2*1H. The first-order valence-electron chi connectivity index (χ1n) is 10.5. The van der Waals surface area contributed by atoms with Crippen LogP contribution in [0.1, 0.15) is 44.6 Å². The fraction of sp³-hybridized carbons (Fsp3) is 0.682. The first-order chi connectivity index (χ1) is 12.7. The maximum atomic E-state index is 12.7. The van der Waals surface area contributed by atoms with Crippen LogP contribution in [-0.2, 0) is 11.3 Å². The Kier molecular flexibility index (Phi) is 12.1. The van der Waals surface area contributed by atoms with E-state index in [0.717, 1.165) is 64.6 Å². The lowest BCUT2D eigenvalue weighted by molar-refractivity contribution is -0.132. The van der Waals surface area contributed by atoms with Crippen LogP contribution in [0.3, 0.4) is 0 Å². The van der Waals surface area contributed by atoms with Gasteiger partial charge in [-0.25, -0.2) is 0 Å². The number of nitrogens with one attached hydrogen (secondary N) is 1. The van der Waals surface area contributed by atoms with Gasteiger partial charge in [0.1, 0.15) is 0 Å². The molecule has 1 aromatic rings. The molecule has 0 saturated carbocycles. The van der Waals surface area contributed by atoms with Crippen molar-refractivity contribution in [1.82, 2.24) is 15.1 Å². The molecule has 1 aromatic carbocycles. The molecule has 3 rings (SSSR count). The molecule has 2 saturated heterocycles. The number of piperidine rings is 1. The second kappa shape index (κ2) is 13.4. The molecule has 2 aliphatic heterocycles. The van der Waals surface area contributed by atoms with E-state index in [9.17, 15) is 4.79 Å². The van der Waals surface area contributed by atoms with Crippen molar-refractivity contribution in [2.45, 2.75) is 45.6 Å². The van der Waals surface area contributed by atoms with Gasteiger partial charge in [0.25, 0.3) is 0 Å². The number of hydrogen-bond acceptors (Lipinski definition) is 3. The molecule has 1 N–H and O–H groups in total. The molecule has 1 atom stereocenters. The fourth-order valence-electron chi connectivity index (χ4n) is 4.42. The molecule has 2 aliphatic rings. The van der Waals surface area contributed by atoms with Crippen LogP contribution in [0.5, 0.6) is 0 Å². The Morgan fingerprint density at radius 1 is 1.11 bits per heavy atom. The van der Waals surface area contributed by atoms with Crippen LogP contribution in [0.4, 0.5) is 0 Å². The second-order valence-electron chi connectivity index (χ2n) is 8.04. The van der Waals surface area contributed by atoms with E-state index in [-0.39, 0.29) is 24.8 Å². The molecule has 2 fully saturated rings. The summed E-state index contributed by atoms with van der Waals surface area (Å²) in [5, 5.41) is 3.41. The smallest absolute Gasteiger partial charge is 0.222 e. The van der Waals surface area contributed by atoms with E-state index in [4.69, 9.17) is 0 Å². The van der Waals surface area contributed by atoms with E-state index in [2.05, 4.69) is 52.4 Å². The van der Waals surface area contributed by atoms with Gasteiger partial charge in [0.2, 0.25) is 5.91 Å². The van der Waals surface area contributed by atoms with Gasteiger partial charge in [0.15, 0.2) is 0 Å². The van der Waals surface area contributed by atoms with Gasteiger partial charge in [-0.05, 0) is 69.6 Å². The third-order valence-electron chi connectivity index (χ3n) is 6.06. The number of nitrogens with zero attached hydrogens (tertiary/aromatic N) is 2. The molecule has 0 aromatic heterocycles. The van der Waals surface area contributed by atoms with Crippen LogP contribution in [0.15, 0.2) is 30.3 Å². The average Bonchev–Trinajstić information content (AvgIpc) is 3.12. The van der Waals surface area contributed by atoms with Crippen molar-refractivity contribution in [3.8, 4) is 0 Å². The SMILES string of the molecule is CCN(CC1CCN(Cc2ccccc2)C1)C(=O)CCC1CCNCC1.Cl.Cl. The highest BCUT2D eigenvalue weighted by Gasteiger charge is 2.26. The highest BCUT2D eigenvalue weighted by atomic mass is 35.5. The lowest BCUT2D eigenvalue weighted by atomic mass is 9.93. The third kappa shape index (κ3) is 7.90. The number of amides is 1. The van der Waals surface area contributed by atoms with Gasteiger partial charge >= 0.3 is 0 Å². The summed E-state index contributed by atoms with van der Waals surface area (Å²) in [7, 11) is 0. The molecule has 4 nitrogen and oxygen atoms in total. The zero-order valence-electron chi connectivity index (χ0n) is 17.1. The van der Waals surface area contributed by atoms with Crippen molar-refractivity contribution in [3.63, 3.8) is 0 Å². The summed E-state index contributed by atoms with van der Waals surface area (Å²) in [4.78, 5) is 17.3. The highest BCUT2D eigenvalue weighted by molar-refractivity contribution is 5.85. The number of carbonyl (C=O) groups is 1. The second-order valence-corrected chi connectivity index (χ2v) is 8.04. The highest BCUT2D eigenvalue weighted by Crippen LogP contribution is 2.22. The van der Waals surface area contributed by atoms with Gasteiger partial charge in [0, 0.05) is 32.6 Å². The van der Waals surface area contributed by atoms with Gasteiger partial charge in [-0.1, -0.05) is 30.3 Å². The van der Waals surface area contributed by atoms with Crippen molar-refractivity contribution >= 4 is 30.7 Å². The molecule has 0 radical (unpaired) electrons. The van der Waals surface area contributed by atoms with Crippen molar-refractivity contribution in [2.75, 3.05) is 39.3 Å². The summed E-state index contributed by atoms with van der Waals surface area (Å²) in [6.45, 7) is 9.46. The van der Waals surface area contributed by atoms with Crippen molar-refractivity contribution in [1.29, 1.82) is 0 Å². The zero-order valence-corrected chi connectivity index (χ0v) is 18.8. The number of halogens is 2. The van der Waals surface area contributed by atoms with Gasteiger partial charge in [-0.2, -0.15) is 0 Å². The van der Waals surface area contributed by atoms with E-state index in [1.165, 1.54) is 24.8 Å². The van der Waals surface area contributed by atoms with E-state index in [1.54, 1.807) is 0 Å². The molecular weight excluding hydrogens is 393 g/mol. The van der Waals surface area contributed by atoms with E-state index in [1.807, 2.05) is 0 Å². The number of hydrogen-bond donors (Lipinski definition) is 1. The summed E-state index contributed by atoms with van der Waals surface area (Å²) in [6, 6.07) is 10.7. The number of rotatable bonds is 8. The summed E-state index contributed by atoms with van der Waals surface area (Å²) in [6.07, 6.45) is 5.48. The van der Waals surface area contributed by atoms with Crippen molar-refractivity contribution < 1.29 is 4.79 Å². The fourth-order valence-corrected chi connectivity index (χ4v) is 4.42. The molecule has 2 heterocycles. The monoisotopic (exact) mass is 429 g/mol. The van der Waals surface area contributed by atoms with Crippen molar-refractivity contribution in [2.24, 2.45) is 11.8 Å². The average molecular weight is 430 g/mol. The van der Waals surface area contributed by atoms with Crippen LogP contribution in [-0.4, -0.2) is 55.0 Å². The summed E-state index contributed by atoms with van der Waals surface area (Å²) in [5.74, 6) is 1.74. The topological polar surface area (TPSA) is 35.6 Å². The predicted octanol–water partition coefficient (Wildman–Crippen LogP) is 3.98. The van der Waals surface area contributed by atoms with E-state index < -0.39 is 0 Å². The Bertz CT molecular complexity index is 552. The van der Waals surface area contributed by atoms with E-state index >= 15 is 0 Å².